The highest BCUT2D eigenvalue weighted by atomic mass is 35.5. The van der Waals surface area contributed by atoms with Gasteiger partial charge in [0, 0.05) is 28.9 Å². The van der Waals surface area contributed by atoms with Crippen molar-refractivity contribution >= 4 is 34.8 Å². The number of nitro groups is 1. The fourth-order valence-electron chi connectivity index (χ4n) is 3.64. The Bertz CT molecular complexity index is 1520. The molecule has 3 aromatic carbocycles. The first kappa shape index (κ1) is 26.2. The van der Waals surface area contributed by atoms with E-state index in [1.54, 1.807) is 24.3 Å². The van der Waals surface area contributed by atoms with E-state index >= 15 is 0 Å². The van der Waals surface area contributed by atoms with Gasteiger partial charge in [0.15, 0.2) is 5.75 Å². The van der Waals surface area contributed by atoms with Gasteiger partial charge in [0.2, 0.25) is 5.76 Å². The molecular weight excluding hydrogens is 519 g/mol. The molecule has 1 heterocycles. The predicted molar refractivity (Wildman–Crippen MR) is 137 cm³/mol. The highest BCUT2D eigenvalue weighted by Gasteiger charge is 2.20. The average Bonchev–Trinajstić information content (AvgIpc) is 3.39. The molecule has 0 aliphatic heterocycles. The topological polar surface area (TPSA) is 147 Å². The third kappa shape index (κ3) is 5.73. The first-order chi connectivity index (χ1) is 18.1. The lowest BCUT2D eigenvalue weighted by molar-refractivity contribution is -0.385. The number of amides is 2. The lowest BCUT2D eigenvalue weighted by Crippen LogP contribution is -2.41. The number of nitro benzene ring substituents is 1. The molecule has 0 aliphatic rings. The zero-order valence-corrected chi connectivity index (χ0v) is 20.5. The van der Waals surface area contributed by atoms with Crippen LogP contribution >= 0.6 is 11.6 Å². The van der Waals surface area contributed by atoms with E-state index in [9.17, 15) is 29.2 Å². The quantitative estimate of drug-likeness (QED) is 0.177. The number of rotatable bonds is 7. The van der Waals surface area contributed by atoms with E-state index in [0.29, 0.717) is 16.8 Å². The maximum Gasteiger partial charge on any atom is 0.311 e. The first-order valence-corrected chi connectivity index (χ1v) is 11.5. The molecule has 0 radical (unpaired) electrons. The minimum atomic E-state index is -0.834. The largest absolute Gasteiger partial charge is 0.502 e. The number of phenolic OH excluding ortho intramolecular Hbond substituents is 1. The number of hydrogen-bond acceptors (Lipinski definition) is 7. The van der Waals surface area contributed by atoms with Gasteiger partial charge in [-0.3, -0.25) is 30.6 Å². The van der Waals surface area contributed by atoms with Gasteiger partial charge in [-0.25, -0.2) is 4.39 Å². The summed E-state index contributed by atoms with van der Waals surface area (Å²) in [5.74, 6) is -2.77. The zero-order chi connectivity index (χ0) is 27.4. The van der Waals surface area contributed by atoms with Gasteiger partial charge in [-0.1, -0.05) is 35.9 Å². The van der Waals surface area contributed by atoms with E-state index < -0.39 is 34.0 Å². The van der Waals surface area contributed by atoms with Crippen LogP contribution in [0.5, 0.6) is 5.75 Å². The van der Waals surface area contributed by atoms with Crippen molar-refractivity contribution in [2.75, 3.05) is 5.32 Å². The van der Waals surface area contributed by atoms with E-state index in [2.05, 4.69) is 16.2 Å². The molecular formula is C26H20ClFN4O6. The number of halogens is 2. The normalized spacial score (nSPS) is 11.4. The van der Waals surface area contributed by atoms with Crippen LogP contribution in [-0.2, 0) is 0 Å². The maximum absolute atomic E-state index is 13.7. The first-order valence-electron chi connectivity index (χ1n) is 11.1. The van der Waals surface area contributed by atoms with Gasteiger partial charge in [0.05, 0.1) is 16.2 Å². The van der Waals surface area contributed by atoms with E-state index in [4.69, 9.17) is 16.0 Å². The second kappa shape index (κ2) is 11.0. The number of carbonyl (C=O) groups excluding carboxylic acids is 2. The molecule has 2 amide bonds. The number of phenols is 1. The number of nitrogens with one attached hydrogen (secondary N) is 3. The van der Waals surface area contributed by atoms with Crippen LogP contribution < -0.4 is 16.2 Å². The molecule has 38 heavy (non-hydrogen) atoms. The van der Waals surface area contributed by atoms with Gasteiger partial charge >= 0.3 is 11.6 Å². The van der Waals surface area contributed by atoms with Gasteiger partial charge < -0.3 is 14.8 Å². The molecule has 4 N–H and O–H groups in total. The molecule has 1 aromatic heterocycles. The maximum atomic E-state index is 13.7. The molecule has 0 bridgehead atoms. The van der Waals surface area contributed by atoms with Crippen LogP contribution in [0.25, 0.3) is 11.1 Å². The van der Waals surface area contributed by atoms with Gasteiger partial charge in [-0.2, -0.15) is 0 Å². The van der Waals surface area contributed by atoms with E-state index in [1.165, 1.54) is 24.5 Å². The Morgan fingerprint density at radius 3 is 2.42 bits per heavy atom. The number of hydrogen-bond donors (Lipinski definition) is 4. The standard InChI is InChI=1S/C26H20ClFN4O6/c1-14(29-18-7-8-20(27)21(28)13-18)15-2-4-16(5-3-15)19-10-11-38-24(19)26(35)31-30-25(34)17-6-9-23(33)22(12-17)32(36)37/h2-14,29,33H,1H3,(H,30,34)(H,31,35). The number of nitrogens with zero attached hydrogens (tertiary/aromatic N) is 1. The van der Waals surface area contributed by atoms with Crippen LogP contribution in [0.15, 0.2) is 77.4 Å². The Morgan fingerprint density at radius 1 is 1.03 bits per heavy atom. The van der Waals surface area contributed by atoms with E-state index in [0.717, 1.165) is 17.7 Å². The monoisotopic (exact) mass is 538 g/mol. The Balaban J connectivity index is 1.42. The molecule has 0 aliphatic carbocycles. The summed E-state index contributed by atoms with van der Waals surface area (Å²) in [6, 6.07) is 16.2. The van der Waals surface area contributed by atoms with Crippen molar-refractivity contribution in [2.45, 2.75) is 13.0 Å². The van der Waals surface area contributed by atoms with Crippen LogP contribution in [0.3, 0.4) is 0 Å². The Hall–Kier alpha value is -4.90. The van der Waals surface area contributed by atoms with Crippen molar-refractivity contribution in [3.8, 4) is 16.9 Å². The summed E-state index contributed by atoms with van der Waals surface area (Å²) in [7, 11) is 0. The summed E-state index contributed by atoms with van der Waals surface area (Å²) >= 11 is 5.73. The summed E-state index contributed by atoms with van der Waals surface area (Å²) < 4.78 is 19.0. The molecule has 0 saturated carbocycles. The van der Waals surface area contributed by atoms with Crippen LogP contribution in [0.2, 0.25) is 5.02 Å². The van der Waals surface area contributed by atoms with Crippen LogP contribution in [0.1, 0.15) is 39.4 Å². The minimum absolute atomic E-state index is 0.0383. The van der Waals surface area contributed by atoms with Crippen molar-refractivity contribution in [1.82, 2.24) is 10.9 Å². The van der Waals surface area contributed by atoms with Crippen LogP contribution in [0, 0.1) is 15.9 Å². The number of aromatic hydroxyl groups is 1. The summed E-state index contributed by atoms with van der Waals surface area (Å²) in [5, 5.41) is 23.7. The Labute approximate surface area is 220 Å². The van der Waals surface area contributed by atoms with Crippen LogP contribution in [-0.4, -0.2) is 21.8 Å². The molecule has 0 fully saturated rings. The summed E-state index contributed by atoms with van der Waals surface area (Å²) in [6.07, 6.45) is 1.32. The van der Waals surface area contributed by atoms with Crippen molar-refractivity contribution in [2.24, 2.45) is 0 Å². The summed E-state index contributed by atoms with van der Waals surface area (Å²) in [5.41, 5.74) is 6.17. The third-order valence-corrected chi connectivity index (χ3v) is 5.93. The highest BCUT2D eigenvalue weighted by molar-refractivity contribution is 6.30. The molecule has 0 saturated heterocycles. The average molecular weight is 539 g/mol. The van der Waals surface area contributed by atoms with Gasteiger partial charge in [0.1, 0.15) is 5.82 Å². The molecule has 1 atom stereocenters. The van der Waals surface area contributed by atoms with Crippen molar-refractivity contribution in [3.63, 3.8) is 0 Å². The van der Waals surface area contributed by atoms with Crippen molar-refractivity contribution in [1.29, 1.82) is 0 Å². The number of anilines is 1. The molecule has 1 unspecified atom stereocenters. The van der Waals surface area contributed by atoms with Gasteiger partial charge in [-0.15, -0.1) is 0 Å². The van der Waals surface area contributed by atoms with Gasteiger partial charge in [-0.05, 0) is 54.4 Å². The minimum Gasteiger partial charge on any atom is -0.502 e. The molecule has 4 aromatic rings. The molecule has 10 nitrogen and oxygen atoms in total. The number of carbonyl (C=O) groups is 2. The SMILES string of the molecule is CC(Nc1ccc(Cl)c(F)c1)c1ccc(-c2ccoc2C(=O)NNC(=O)c2ccc(O)c([N+](=O)[O-])c2)cc1. The molecule has 194 valence electrons. The molecule has 0 spiro atoms. The fourth-order valence-corrected chi connectivity index (χ4v) is 3.75. The Kier molecular flexibility index (Phi) is 7.58. The fraction of sp³-hybridized carbons (Fsp3) is 0.0769. The second-order valence-electron chi connectivity index (χ2n) is 8.15. The van der Waals surface area contributed by atoms with E-state index in [-0.39, 0.29) is 22.4 Å². The van der Waals surface area contributed by atoms with Crippen molar-refractivity contribution in [3.05, 3.63) is 111 Å². The smallest absolute Gasteiger partial charge is 0.311 e. The Morgan fingerprint density at radius 2 is 1.74 bits per heavy atom. The van der Waals surface area contributed by atoms with Crippen molar-refractivity contribution < 1.29 is 28.4 Å². The molecule has 12 heteroatoms. The number of benzene rings is 3. The van der Waals surface area contributed by atoms with Gasteiger partial charge in [0.25, 0.3) is 5.91 Å². The summed E-state index contributed by atoms with van der Waals surface area (Å²) in [4.78, 5) is 35.1. The number of hydrazine groups is 1. The lowest BCUT2D eigenvalue weighted by atomic mass is 10.0. The molecule has 4 rings (SSSR count). The number of furan rings is 1. The second-order valence-corrected chi connectivity index (χ2v) is 8.56. The summed E-state index contributed by atoms with van der Waals surface area (Å²) in [6.45, 7) is 1.91. The van der Waals surface area contributed by atoms with E-state index in [1.807, 2.05) is 19.1 Å². The van der Waals surface area contributed by atoms with Crippen LogP contribution in [0.4, 0.5) is 15.8 Å². The lowest BCUT2D eigenvalue weighted by Gasteiger charge is -2.16. The third-order valence-electron chi connectivity index (χ3n) is 5.62. The predicted octanol–water partition coefficient (Wildman–Crippen LogP) is 5.60. The zero-order valence-electron chi connectivity index (χ0n) is 19.7. The highest BCUT2D eigenvalue weighted by Crippen LogP contribution is 2.29.